The fraction of sp³-hybridized carbons (Fsp3) is 1.00. The molecule has 0 aromatic rings. The van der Waals surface area contributed by atoms with Crippen molar-refractivity contribution in [3.05, 3.63) is 0 Å². The Hall–Kier alpha value is 0.0169. The molecule has 0 N–H and O–H groups in total. The van der Waals surface area contributed by atoms with Gasteiger partial charge in [0.15, 0.2) is 9.76 Å². The first-order valence-electron chi connectivity index (χ1n) is 6.14. The van der Waals surface area contributed by atoms with Crippen LogP contribution in [0.15, 0.2) is 0 Å². The SMILES string of the molecule is COC(C)(OC)O[SiH2]CCCCOCC1CO1. The Morgan fingerprint density at radius 1 is 1.29 bits per heavy atom. The van der Waals surface area contributed by atoms with Crippen molar-refractivity contribution < 1.29 is 23.4 Å². The van der Waals surface area contributed by atoms with E-state index in [9.17, 15) is 0 Å². The highest BCUT2D eigenvalue weighted by atomic mass is 28.2. The summed E-state index contributed by atoms with van der Waals surface area (Å²) < 4.78 is 26.3. The lowest BCUT2D eigenvalue weighted by atomic mass is 10.3. The minimum atomic E-state index is -0.855. The summed E-state index contributed by atoms with van der Waals surface area (Å²) >= 11 is 0. The molecule has 0 aromatic carbocycles. The summed E-state index contributed by atoms with van der Waals surface area (Å²) in [5, 5.41) is 0. The summed E-state index contributed by atoms with van der Waals surface area (Å²) in [5.74, 6) is -0.855. The second-order valence-electron chi connectivity index (χ2n) is 4.21. The van der Waals surface area contributed by atoms with E-state index in [1.807, 2.05) is 0 Å². The van der Waals surface area contributed by atoms with E-state index >= 15 is 0 Å². The van der Waals surface area contributed by atoms with Crippen LogP contribution in [0.1, 0.15) is 19.8 Å². The number of unbranched alkanes of at least 4 members (excludes halogenated alkanes) is 1. The van der Waals surface area contributed by atoms with Gasteiger partial charge in [-0.25, -0.2) is 0 Å². The van der Waals surface area contributed by atoms with Gasteiger partial charge >= 0.3 is 0 Å². The maximum absolute atomic E-state index is 5.62. The van der Waals surface area contributed by atoms with E-state index in [0.717, 1.165) is 38.7 Å². The van der Waals surface area contributed by atoms with Gasteiger partial charge in [-0.3, -0.25) is 0 Å². The first kappa shape index (κ1) is 15.1. The molecule has 1 aliphatic heterocycles. The fourth-order valence-corrected chi connectivity index (χ4v) is 2.63. The predicted molar refractivity (Wildman–Crippen MR) is 66.7 cm³/mol. The van der Waals surface area contributed by atoms with E-state index in [1.165, 1.54) is 0 Å². The molecule has 0 aliphatic carbocycles. The molecule has 17 heavy (non-hydrogen) atoms. The van der Waals surface area contributed by atoms with Crippen LogP contribution in [0.4, 0.5) is 0 Å². The normalized spacial score (nSPS) is 20.3. The topological polar surface area (TPSA) is 49.5 Å². The maximum Gasteiger partial charge on any atom is 0.269 e. The lowest BCUT2D eigenvalue weighted by molar-refractivity contribution is -0.310. The lowest BCUT2D eigenvalue weighted by Crippen LogP contribution is -2.34. The molecule has 0 bridgehead atoms. The Labute approximate surface area is 106 Å². The first-order chi connectivity index (χ1) is 8.20. The lowest BCUT2D eigenvalue weighted by Gasteiger charge is -2.26. The molecule has 6 heteroatoms. The molecule has 1 aliphatic rings. The molecule has 0 amide bonds. The maximum atomic E-state index is 5.62. The number of methoxy groups -OCH3 is 2. The summed E-state index contributed by atoms with van der Waals surface area (Å²) in [6.07, 6.45) is 2.60. The molecule has 1 heterocycles. The molecule has 1 fully saturated rings. The number of ether oxygens (including phenoxy) is 4. The van der Waals surface area contributed by atoms with E-state index < -0.39 is 15.7 Å². The van der Waals surface area contributed by atoms with Gasteiger partial charge in [-0.1, -0.05) is 6.42 Å². The number of hydrogen-bond acceptors (Lipinski definition) is 5. The first-order valence-corrected chi connectivity index (χ1v) is 7.71. The molecule has 0 saturated carbocycles. The third-order valence-corrected chi connectivity index (χ3v) is 4.26. The standard InChI is InChI=1S/C11H24O5Si/c1-11(12-2,13-3)16-17-7-5-4-6-14-8-10-9-15-10/h10H,4-9,17H2,1-3H3. The molecule has 1 unspecified atom stereocenters. The average molecular weight is 264 g/mol. The molecule has 1 saturated heterocycles. The second-order valence-corrected chi connectivity index (χ2v) is 5.61. The molecule has 5 nitrogen and oxygen atoms in total. The van der Waals surface area contributed by atoms with Gasteiger partial charge in [-0.15, -0.1) is 0 Å². The van der Waals surface area contributed by atoms with Crippen LogP contribution >= 0.6 is 0 Å². The van der Waals surface area contributed by atoms with Gasteiger partial charge in [0.25, 0.3) is 5.97 Å². The van der Waals surface area contributed by atoms with Gasteiger partial charge in [0, 0.05) is 27.8 Å². The molecule has 0 radical (unpaired) electrons. The van der Waals surface area contributed by atoms with Gasteiger partial charge in [0.05, 0.1) is 13.2 Å². The summed E-state index contributed by atoms with van der Waals surface area (Å²) in [5.41, 5.74) is 0. The third kappa shape index (κ3) is 7.12. The predicted octanol–water partition coefficient (Wildman–Crippen LogP) is 0.667. The zero-order valence-corrected chi connectivity index (χ0v) is 12.5. The largest absolute Gasteiger partial charge is 0.379 e. The van der Waals surface area contributed by atoms with Gasteiger partial charge in [-0.05, 0) is 12.5 Å². The van der Waals surface area contributed by atoms with Crippen LogP contribution in [0.5, 0.6) is 0 Å². The van der Waals surface area contributed by atoms with E-state index in [2.05, 4.69) is 0 Å². The molecule has 1 atom stereocenters. The van der Waals surface area contributed by atoms with E-state index in [1.54, 1.807) is 21.1 Å². The Bertz CT molecular complexity index is 194. The number of epoxide rings is 1. The van der Waals surface area contributed by atoms with E-state index in [4.69, 9.17) is 23.4 Å². The fourth-order valence-electron chi connectivity index (χ4n) is 1.32. The molecule has 0 spiro atoms. The Balaban J connectivity index is 1.82. The van der Waals surface area contributed by atoms with Crippen molar-refractivity contribution in [1.29, 1.82) is 0 Å². The van der Waals surface area contributed by atoms with Gasteiger partial charge < -0.3 is 23.4 Å². The van der Waals surface area contributed by atoms with Crippen LogP contribution in [0.2, 0.25) is 6.04 Å². The summed E-state index contributed by atoms with van der Waals surface area (Å²) in [6, 6.07) is 1.12. The van der Waals surface area contributed by atoms with Crippen molar-refractivity contribution in [2.75, 3.05) is 34.0 Å². The molecule has 1 rings (SSSR count). The van der Waals surface area contributed by atoms with E-state index in [0.29, 0.717) is 6.10 Å². The van der Waals surface area contributed by atoms with Crippen molar-refractivity contribution in [2.45, 2.75) is 37.9 Å². The zero-order valence-electron chi connectivity index (χ0n) is 11.1. The highest BCUT2D eigenvalue weighted by molar-refractivity contribution is 6.27. The van der Waals surface area contributed by atoms with Gasteiger partial charge in [0.2, 0.25) is 0 Å². The van der Waals surface area contributed by atoms with Crippen LogP contribution < -0.4 is 0 Å². The number of hydrogen-bond donors (Lipinski definition) is 0. The second kappa shape index (κ2) is 8.18. The van der Waals surface area contributed by atoms with Crippen LogP contribution in [0, 0.1) is 0 Å². The van der Waals surface area contributed by atoms with Crippen molar-refractivity contribution in [1.82, 2.24) is 0 Å². The monoisotopic (exact) mass is 264 g/mol. The highest BCUT2D eigenvalue weighted by Crippen LogP contribution is 2.12. The van der Waals surface area contributed by atoms with Crippen molar-refractivity contribution >= 4 is 9.76 Å². The van der Waals surface area contributed by atoms with E-state index in [-0.39, 0.29) is 0 Å². The van der Waals surface area contributed by atoms with Crippen molar-refractivity contribution in [3.63, 3.8) is 0 Å². The molecule has 0 aromatic heterocycles. The zero-order chi connectivity index (χ0) is 12.6. The van der Waals surface area contributed by atoms with Crippen LogP contribution in [0.25, 0.3) is 0 Å². The van der Waals surface area contributed by atoms with Crippen LogP contribution in [0.3, 0.4) is 0 Å². The molecular weight excluding hydrogens is 240 g/mol. The van der Waals surface area contributed by atoms with Crippen molar-refractivity contribution in [2.24, 2.45) is 0 Å². The minimum absolute atomic E-state index is 0.372. The quantitative estimate of drug-likeness (QED) is 0.237. The Morgan fingerprint density at radius 3 is 2.59 bits per heavy atom. The van der Waals surface area contributed by atoms with Crippen LogP contribution in [-0.4, -0.2) is 55.9 Å². The van der Waals surface area contributed by atoms with Crippen LogP contribution in [-0.2, 0) is 23.4 Å². The number of rotatable bonds is 11. The van der Waals surface area contributed by atoms with Gasteiger partial charge in [0.1, 0.15) is 6.10 Å². The summed E-state index contributed by atoms with van der Waals surface area (Å²) in [4.78, 5) is 0. The third-order valence-electron chi connectivity index (χ3n) is 2.74. The summed E-state index contributed by atoms with van der Waals surface area (Å²) in [7, 11) is 2.60. The highest BCUT2D eigenvalue weighted by Gasteiger charge is 2.23. The average Bonchev–Trinajstić information content (AvgIpc) is 3.16. The smallest absolute Gasteiger partial charge is 0.269 e. The summed E-state index contributed by atoms with van der Waals surface area (Å²) in [6.45, 7) is 4.23. The Kier molecular flexibility index (Phi) is 7.25. The Morgan fingerprint density at radius 2 is 2.00 bits per heavy atom. The molecular formula is C11H24O5Si. The molecule has 102 valence electrons. The minimum Gasteiger partial charge on any atom is -0.379 e. The van der Waals surface area contributed by atoms with Gasteiger partial charge in [-0.2, -0.15) is 0 Å². The van der Waals surface area contributed by atoms with Crippen molar-refractivity contribution in [3.8, 4) is 0 Å².